The van der Waals surface area contributed by atoms with Gasteiger partial charge in [-0.1, -0.05) is 0 Å². The summed E-state index contributed by atoms with van der Waals surface area (Å²) in [4.78, 5) is 10.8. The molecule has 0 spiro atoms. The van der Waals surface area contributed by atoms with Crippen molar-refractivity contribution in [3.63, 3.8) is 0 Å². The number of halogens is 6. The zero-order chi connectivity index (χ0) is 31.0. The van der Waals surface area contributed by atoms with E-state index in [9.17, 15) is 26.3 Å². The van der Waals surface area contributed by atoms with Crippen LogP contribution in [0.25, 0.3) is 0 Å². The van der Waals surface area contributed by atoms with Gasteiger partial charge in [-0.05, 0) is 50.9 Å². The van der Waals surface area contributed by atoms with E-state index in [1.807, 2.05) is 12.1 Å². The summed E-state index contributed by atoms with van der Waals surface area (Å²) in [7, 11) is 0. The fraction of sp³-hybridized carbons (Fsp3) is 0.571. The number of piperidine rings is 2. The average molecular weight is 613 g/mol. The SMILES string of the molecule is N#Cc1ccnc(OC2CCCN(C[C@H](O[C@@H](CN3CCCC(Oc4cc(C#N)ccn4)C3)C(F)(F)F)C(F)(F)F)C2)c1. The molecule has 4 atom stereocenters. The predicted octanol–water partition coefficient (Wildman–Crippen LogP) is 4.48. The van der Waals surface area contributed by atoms with E-state index in [1.165, 1.54) is 46.5 Å². The molecule has 232 valence electrons. The van der Waals surface area contributed by atoms with Crippen LogP contribution in [0.2, 0.25) is 0 Å². The third-order valence-corrected chi connectivity index (χ3v) is 7.13. The Morgan fingerprint density at radius 3 is 1.56 bits per heavy atom. The number of rotatable bonds is 10. The van der Waals surface area contributed by atoms with Crippen molar-refractivity contribution in [2.45, 2.75) is 62.5 Å². The van der Waals surface area contributed by atoms with Gasteiger partial charge in [-0.25, -0.2) is 9.97 Å². The Labute approximate surface area is 244 Å². The van der Waals surface area contributed by atoms with Gasteiger partial charge in [0, 0.05) is 50.7 Å². The minimum atomic E-state index is -5.05. The van der Waals surface area contributed by atoms with E-state index >= 15 is 0 Å². The molecule has 0 aromatic carbocycles. The van der Waals surface area contributed by atoms with E-state index < -0.39 is 49.9 Å². The number of ether oxygens (including phenoxy) is 3. The molecule has 4 rings (SSSR count). The van der Waals surface area contributed by atoms with Crippen LogP contribution in [0.5, 0.6) is 11.8 Å². The lowest BCUT2D eigenvalue weighted by Gasteiger charge is -2.38. The number of nitriles is 2. The van der Waals surface area contributed by atoms with Gasteiger partial charge in [0.05, 0.1) is 23.3 Å². The third kappa shape index (κ3) is 9.68. The van der Waals surface area contributed by atoms with Crippen LogP contribution < -0.4 is 9.47 Å². The first-order chi connectivity index (χ1) is 20.4. The summed E-state index contributed by atoms with van der Waals surface area (Å²) in [6.45, 7) is -1.09. The van der Waals surface area contributed by atoms with Crippen molar-refractivity contribution in [1.82, 2.24) is 19.8 Å². The summed E-state index contributed by atoms with van der Waals surface area (Å²) in [6.07, 6.45) is -11.9. The summed E-state index contributed by atoms with van der Waals surface area (Å²) in [6, 6.07) is 9.66. The fourth-order valence-electron chi connectivity index (χ4n) is 5.09. The molecule has 4 heterocycles. The van der Waals surface area contributed by atoms with Crippen LogP contribution in [-0.2, 0) is 4.74 Å². The molecule has 0 bridgehead atoms. The molecule has 2 aromatic rings. The van der Waals surface area contributed by atoms with Gasteiger partial charge < -0.3 is 14.2 Å². The molecule has 0 aliphatic carbocycles. The van der Waals surface area contributed by atoms with Gasteiger partial charge in [0.2, 0.25) is 11.8 Å². The van der Waals surface area contributed by atoms with E-state index in [-0.39, 0.29) is 37.9 Å². The van der Waals surface area contributed by atoms with E-state index in [0.717, 1.165) is 0 Å². The van der Waals surface area contributed by atoms with Gasteiger partial charge in [-0.2, -0.15) is 36.9 Å². The number of nitrogens with zero attached hydrogens (tertiary/aromatic N) is 6. The maximum atomic E-state index is 14.0. The fourth-order valence-corrected chi connectivity index (χ4v) is 5.09. The summed E-state index contributed by atoms with van der Waals surface area (Å²) >= 11 is 0. The van der Waals surface area contributed by atoms with Crippen molar-refractivity contribution in [1.29, 1.82) is 10.5 Å². The maximum absolute atomic E-state index is 14.0. The van der Waals surface area contributed by atoms with Crippen molar-refractivity contribution in [2.75, 3.05) is 39.3 Å². The van der Waals surface area contributed by atoms with Gasteiger partial charge in [0.25, 0.3) is 0 Å². The number of likely N-dealkylation sites (tertiary alicyclic amines) is 2. The smallest absolute Gasteiger partial charge is 0.415 e. The molecule has 9 nitrogen and oxygen atoms in total. The Hall–Kier alpha value is -3.66. The number of alkyl halides is 6. The molecule has 2 aliphatic heterocycles. The largest absolute Gasteiger partial charge is 0.473 e. The van der Waals surface area contributed by atoms with Crippen LogP contribution in [0.4, 0.5) is 26.3 Å². The number of pyridine rings is 2. The van der Waals surface area contributed by atoms with Crippen LogP contribution in [0.1, 0.15) is 36.8 Å². The van der Waals surface area contributed by atoms with E-state index in [1.54, 1.807) is 0 Å². The third-order valence-electron chi connectivity index (χ3n) is 7.13. The van der Waals surface area contributed by atoms with E-state index in [0.29, 0.717) is 36.8 Å². The minimum Gasteiger partial charge on any atom is -0.473 e. The summed E-state index contributed by atoms with van der Waals surface area (Å²) in [5.41, 5.74) is 0.607. The monoisotopic (exact) mass is 612 g/mol. The van der Waals surface area contributed by atoms with Crippen molar-refractivity contribution in [3.05, 3.63) is 47.8 Å². The molecule has 2 aliphatic rings. The topological polar surface area (TPSA) is 108 Å². The average Bonchev–Trinajstić information content (AvgIpc) is 2.96. The van der Waals surface area contributed by atoms with Crippen molar-refractivity contribution in [3.8, 4) is 23.9 Å². The molecule has 0 amide bonds. The normalized spacial score (nSPS) is 21.8. The van der Waals surface area contributed by atoms with E-state index in [4.69, 9.17) is 24.7 Å². The van der Waals surface area contributed by atoms with Crippen LogP contribution in [0.3, 0.4) is 0 Å². The highest BCUT2D eigenvalue weighted by atomic mass is 19.4. The Bertz CT molecular complexity index is 1200. The van der Waals surface area contributed by atoms with E-state index in [2.05, 4.69) is 9.97 Å². The lowest BCUT2D eigenvalue weighted by Crippen LogP contribution is -2.54. The lowest BCUT2D eigenvalue weighted by molar-refractivity contribution is -0.291. The number of hydrogen-bond donors (Lipinski definition) is 0. The van der Waals surface area contributed by atoms with Crippen molar-refractivity contribution >= 4 is 0 Å². The van der Waals surface area contributed by atoms with Gasteiger partial charge in [-0.3, -0.25) is 9.80 Å². The van der Waals surface area contributed by atoms with Gasteiger partial charge in [0.15, 0.2) is 12.2 Å². The highest BCUT2D eigenvalue weighted by Gasteiger charge is 2.50. The molecule has 2 saturated heterocycles. The first-order valence-electron chi connectivity index (χ1n) is 13.7. The van der Waals surface area contributed by atoms with Gasteiger partial charge >= 0.3 is 12.4 Å². The second-order valence-electron chi connectivity index (χ2n) is 10.5. The predicted molar refractivity (Wildman–Crippen MR) is 139 cm³/mol. The molecular weight excluding hydrogens is 582 g/mol. The zero-order valence-corrected chi connectivity index (χ0v) is 23.0. The highest BCUT2D eigenvalue weighted by molar-refractivity contribution is 5.32. The lowest BCUT2D eigenvalue weighted by atomic mass is 10.1. The Balaban J connectivity index is 1.38. The number of hydrogen-bond acceptors (Lipinski definition) is 9. The second kappa shape index (κ2) is 14.2. The molecule has 43 heavy (non-hydrogen) atoms. The Kier molecular flexibility index (Phi) is 10.7. The molecular formula is C28H30F6N6O3. The molecule has 0 N–H and O–H groups in total. The van der Waals surface area contributed by atoms with Crippen LogP contribution in [0.15, 0.2) is 36.7 Å². The van der Waals surface area contributed by atoms with Gasteiger partial charge in [-0.15, -0.1) is 0 Å². The van der Waals surface area contributed by atoms with Crippen LogP contribution in [-0.4, -0.2) is 95.8 Å². The quantitative estimate of drug-likeness (QED) is 0.359. The van der Waals surface area contributed by atoms with Crippen LogP contribution >= 0.6 is 0 Å². The Morgan fingerprint density at radius 2 is 1.19 bits per heavy atom. The standard InChI is InChI=1S/C28H30F6N6O3/c29-27(30,31)23(17-39-9-1-3-21(15-39)41-25-11-19(13-35)5-7-37-25)43-24(28(32,33)34)18-40-10-2-4-22(16-40)42-26-12-20(14-36)6-8-38-26/h5-8,11-12,21-24H,1-4,9-10,15-18H2/t21?,22?,23-,24-/m0/s1. The molecule has 2 unspecified atom stereocenters. The summed E-state index contributed by atoms with van der Waals surface area (Å²) in [5, 5.41) is 18.1. The number of aromatic nitrogens is 2. The summed E-state index contributed by atoms with van der Waals surface area (Å²) < 4.78 is 101. The van der Waals surface area contributed by atoms with Crippen molar-refractivity contribution in [2.24, 2.45) is 0 Å². The van der Waals surface area contributed by atoms with Gasteiger partial charge in [0.1, 0.15) is 12.2 Å². The second-order valence-corrected chi connectivity index (χ2v) is 10.5. The molecule has 0 radical (unpaired) electrons. The van der Waals surface area contributed by atoms with Crippen molar-refractivity contribution < 1.29 is 40.6 Å². The Morgan fingerprint density at radius 1 is 0.767 bits per heavy atom. The molecule has 2 aromatic heterocycles. The zero-order valence-electron chi connectivity index (χ0n) is 23.0. The molecule has 2 fully saturated rings. The summed E-state index contributed by atoms with van der Waals surface area (Å²) in [5.74, 6) is 0.285. The highest BCUT2D eigenvalue weighted by Crippen LogP contribution is 2.32. The molecule has 0 saturated carbocycles. The minimum absolute atomic E-state index is 0.0251. The maximum Gasteiger partial charge on any atom is 0.415 e. The molecule has 15 heteroatoms. The first kappa shape index (κ1) is 32.3. The first-order valence-corrected chi connectivity index (χ1v) is 13.7. The van der Waals surface area contributed by atoms with Crippen LogP contribution in [0, 0.1) is 22.7 Å².